The quantitative estimate of drug-likeness (QED) is 0.866. The van der Waals surface area contributed by atoms with Crippen LogP contribution >= 0.6 is 23.6 Å². The van der Waals surface area contributed by atoms with E-state index in [1.165, 1.54) is 23.5 Å². The van der Waals surface area contributed by atoms with Gasteiger partial charge in [0.2, 0.25) is 0 Å². The molecule has 6 heteroatoms. The minimum Gasteiger partial charge on any atom is -0.486 e. The van der Waals surface area contributed by atoms with Gasteiger partial charge in [-0.3, -0.25) is 0 Å². The van der Waals surface area contributed by atoms with E-state index >= 15 is 0 Å². The van der Waals surface area contributed by atoms with Crippen molar-refractivity contribution in [2.75, 3.05) is 0 Å². The van der Waals surface area contributed by atoms with Crippen molar-refractivity contribution in [1.29, 1.82) is 0 Å². The number of rotatable bonds is 4. The van der Waals surface area contributed by atoms with Gasteiger partial charge in [-0.15, -0.1) is 11.3 Å². The minimum absolute atomic E-state index is 0.289. The van der Waals surface area contributed by atoms with Crippen LogP contribution in [-0.2, 0) is 6.61 Å². The lowest BCUT2D eigenvalue weighted by molar-refractivity contribution is 0.305. The summed E-state index contributed by atoms with van der Waals surface area (Å²) < 4.78 is 18.1. The maximum absolute atomic E-state index is 12.6. The van der Waals surface area contributed by atoms with E-state index in [0.717, 1.165) is 9.88 Å². The molecule has 0 aliphatic carbocycles. The molecule has 0 aliphatic rings. The number of thiocarbonyl (C=S) groups is 1. The summed E-state index contributed by atoms with van der Waals surface area (Å²) in [5.74, 6) is 0.306. The zero-order valence-corrected chi connectivity index (χ0v) is 10.4. The molecular weight excluding hydrogens is 259 g/mol. The Morgan fingerprint density at radius 3 is 2.71 bits per heavy atom. The van der Waals surface area contributed by atoms with E-state index in [9.17, 15) is 4.39 Å². The van der Waals surface area contributed by atoms with Gasteiger partial charge in [0.1, 0.15) is 28.2 Å². The number of thiazole rings is 1. The van der Waals surface area contributed by atoms with Crippen molar-refractivity contribution in [3.63, 3.8) is 0 Å². The number of aromatic nitrogens is 1. The first-order valence-corrected chi connectivity index (χ1v) is 6.00. The Morgan fingerprint density at radius 1 is 1.41 bits per heavy atom. The molecular formula is C11H9FN2OS2. The van der Waals surface area contributed by atoms with Crippen LogP contribution in [0, 0.1) is 5.82 Å². The fourth-order valence-corrected chi connectivity index (χ4v) is 2.03. The van der Waals surface area contributed by atoms with E-state index in [1.807, 2.05) is 0 Å². The molecule has 0 unspecified atom stereocenters. The lowest BCUT2D eigenvalue weighted by Gasteiger charge is -2.02. The third kappa shape index (κ3) is 3.21. The van der Waals surface area contributed by atoms with Crippen LogP contribution in [0.15, 0.2) is 30.5 Å². The Bertz CT molecular complexity index is 525. The number of benzene rings is 1. The molecule has 2 rings (SSSR count). The lowest BCUT2D eigenvalue weighted by atomic mass is 10.3. The molecule has 0 saturated carbocycles. The van der Waals surface area contributed by atoms with Gasteiger partial charge < -0.3 is 10.5 Å². The fourth-order valence-electron chi connectivity index (χ4n) is 1.17. The Hall–Kier alpha value is -1.53. The first-order valence-electron chi connectivity index (χ1n) is 4.78. The fraction of sp³-hybridized carbons (Fsp3) is 0.0909. The van der Waals surface area contributed by atoms with Crippen molar-refractivity contribution >= 4 is 28.5 Å². The maximum atomic E-state index is 12.6. The molecule has 0 saturated heterocycles. The highest BCUT2D eigenvalue weighted by Crippen LogP contribution is 2.17. The van der Waals surface area contributed by atoms with E-state index in [2.05, 4.69) is 4.98 Å². The van der Waals surface area contributed by atoms with Gasteiger partial charge in [-0.1, -0.05) is 12.2 Å². The topological polar surface area (TPSA) is 48.1 Å². The molecule has 1 heterocycles. The predicted molar refractivity (Wildman–Crippen MR) is 68.7 cm³/mol. The van der Waals surface area contributed by atoms with Crippen molar-refractivity contribution in [3.05, 3.63) is 46.2 Å². The van der Waals surface area contributed by atoms with E-state index in [4.69, 9.17) is 22.7 Å². The average molecular weight is 268 g/mol. The van der Waals surface area contributed by atoms with Gasteiger partial charge in [0, 0.05) is 6.20 Å². The van der Waals surface area contributed by atoms with Crippen LogP contribution in [0.2, 0.25) is 0 Å². The monoisotopic (exact) mass is 268 g/mol. The van der Waals surface area contributed by atoms with Crippen LogP contribution < -0.4 is 10.5 Å². The molecule has 17 heavy (non-hydrogen) atoms. The van der Waals surface area contributed by atoms with Crippen molar-refractivity contribution in [2.45, 2.75) is 6.61 Å². The van der Waals surface area contributed by atoms with Gasteiger partial charge in [0.25, 0.3) is 0 Å². The van der Waals surface area contributed by atoms with Crippen molar-refractivity contribution < 1.29 is 9.13 Å². The minimum atomic E-state index is -0.289. The zero-order valence-electron chi connectivity index (χ0n) is 8.72. The number of halogens is 1. The summed E-state index contributed by atoms with van der Waals surface area (Å²) in [6, 6.07) is 5.82. The van der Waals surface area contributed by atoms with Crippen LogP contribution in [0.25, 0.3) is 0 Å². The Kier molecular flexibility index (Phi) is 3.65. The summed E-state index contributed by atoms with van der Waals surface area (Å²) >= 11 is 6.22. The van der Waals surface area contributed by atoms with Gasteiger partial charge in [0.15, 0.2) is 0 Å². The van der Waals surface area contributed by atoms with Crippen molar-refractivity contribution in [3.8, 4) is 5.75 Å². The number of hydrogen-bond acceptors (Lipinski definition) is 4. The molecule has 3 nitrogen and oxygen atoms in total. The van der Waals surface area contributed by atoms with E-state index < -0.39 is 0 Å². The standard InChI is InChI=1S/C11H9FN2OS2/c12-7-1-3-8(4-2-7)15-6-10-14-5-9(17-10)11(13)16/h1-5H,6H2,(H2,13,16). The van der Waals surface area contributed by atoms with Crippen LogP contribution in [0.3, 0.4) is 0 Å². The second-order valence-corrected chi connectivity index (χ2v) is 4.78. The van der Waals surface area contributed by atoms with Crippen LogP contribution in [0.4, 0.5) is 4.39 Å². The number of nitrogens with two attached hydrogens (primary N) is 1. The first kappa shape index (κ1) is 11.9. The molecule has 0 aliphatic heterocycles. The normalized spacial score (nSPS) is 10.2. The molecule has 0 amide bonds. The molecule has 0 fully saturated rings. The van der Waals surface area contributed by atoms with Crippen LogP contribution in [0.5, 0.6) is 5.75 Å². The molecule has 1 aromatic heterocycles. The first-order chi connectivity index (χ1) is 8.15. The third-order valence-corrected chi connectivity index (χ3v) is 3.33. The number of hydrogen-bond donors (Lipinski definition) is 1. The molecule has 88 valence electrons. The molecule has 1 aromatic carbocycles. The zero-order chi connectivity index (χ0) is 12.3. The molecule has 2 N–H and O–H groups in total. The smallest absolute Gasteiger partial charge is 0.140 e. The third-order valence-electron chi connectivity index (χ3n) is 1.97. The highest BCUT2D eigenvalue weighted by Gasteiger charge is 2.04. The van der Waals surface area contributed by atoms with Crippen molar-refractivity contribution in [1.82, 2.24) is 4.98 Å². The summed E-state index contributed by atoms with van der Waals surface area (Å²) in [6.45, 7) is 0.318. The van der Waals surface area contributed by atoms with E-state index in [0.29, 0.717) is 17.3 Å². The van der Waals surface area contributed by atoms with Gasteiger partial charge >= 0.3 is 0 Å². The molecule has 2 aromatic rings. The van der Waals surface area contributed by atoms with E-state index in [1.54, 1.807) is 18.3 Å². The van der Waals surface area contributed by atoms with Crippen LogP contribution in [-0.4, -0.2) is 9.97 Å². The highest BCUT2D eigenvalue weighted by atomic mass is 32.1. The second kappa shape index (κ2) is 5.20. The van der Waals surface area contributed by atoms with E-state index in [-0.39, 0.29) is 5.82 Å². The number of ether oxygens (including phenoxy) is 1. The van der Waals surface area contributed by atoms with Crippen LogP contribution in [0.1, 0.15) is 9.88 Å². The summed E-state index contributed by atoms with van der Waals surface area (Å²) in [6.07, 6.45) is 1.62. The molecule has 0 bridgehead atoms. The highest BCUT2D eigenvalue weighted by molar-refractivity contribution is 7.81. The van der Waals surface area contributed by atoms with Gasteiger partial charge in [-0.05, 0) is 24.3 Å². The molecule has 0 atom stereocenters. The second-order valence-electron chi connectivity index (χ2n) is 3.23. The Balaban J connectivity index is 1.97. The maximum Gasteiger partial charge on any atom is 0.140 e. The molecule has 0 spiro atoms. The largest absolute Gasteiger partial charge is 0.486 e. The summed E-state index contributed by atoms with van der Waals surface area (Å²) in [5.41, 5.74) is 5.47. The van der Waals surface area contributed by atoms with Gasteiger partial charge in [-0.2, -0.15) is 0 Å². The number of nitrogens with zero attached hydrogens (tertiary/aromatic N) is 1. The van der Waals surface area contributed by atoms with Gasteiger partial charge in [-0.25, -0.2) is 9.37 Å². The lowest BCUT2D eigenvalue weighted by Crippen LogP contribution is -2.06. The predicted octanol–water partition coefficient (Wildman–Crippen LogP) is 2.50. The summed E-state index contributed by atoms with van der Waals surface area (Å²) in [7, 11) is 0. The van der Waals surface area contributed by atoms with Gasteiger partial charge in [0.05, 0.1) is 4.88 Å². The SMILES string of the molecule is NC(=S)c1cnc(COc2ccc(F)cc2)s1. The Morgan fingerprint density at radius 2 is 2.12 bits per heavy atom. The summed E-state index contributed by atoms with van der Waals surface area (Å²) in [5, 5.41) is 0.775. The summed E-state index contributed by atoms with van der Waals surface area (Å²) in [4.78, 5) is 5.21. The average Bonchev–Trinajstić information content (AvgIpc) is 2.77. The van der Waals surface area contributed by atoms with Crippen molar-refractivity contribution in [2.24, 2.45) is 5.73 Å². The molecule has 0 radical (unpaired) electrons. The Labute approximate surface area is 107 Å².